The molecule has 0 aromatic heterocycles. The Hall–Kier alpha value is -0.800. The minimum Gasteiger partial charge on any atom is -0.488 e. The molecule has 1 atom stereocenters. The largest absolute Gasteiger partial charge is 0.488 e. The van der Waals surface area contributed by atoms with Gasteiger partial charge in [0.2, 0.25) is 0 Å². The van der Waals surface area contributed by atoms with Gasteiger partial charge in [-0.15, -0.1) is 0 Å². The lowest BCUT2D eigenvalue weighted by Crippen LogP contribution is -2.08. The molecule has 0 aliphatic carbocycles. The van der Waals surface area contributed by atoms with Gasteiger partial charge in [-0.2, -0.15) is 0 Å². The molecular weight excluding hydrogens is 254 g/mol. The standard InChI is InChI=1S/C12H16BrNO/c1-3-12(14)10-4-6-11(7-5-10)15-8-9(2)13/h4-7,12H,2-3,8,14H2,1H3/t12-/m1/s1. The molecule has 0 saturated carbocycles. The van der Waals surface area contributed by atoms with Crippen molar-refractivity contribution >= 4 is 15.9 Å². The number of benzene rings is 1. The Morgan fingerprint density at radius 3 is 2.53 bits per heavy atom. The first-order chi connectivity index (χ1) is 7.13. The lowest BCUT2D eigenvalue weighted by Gasteiger charge is -2.10. The van der Waals surface area contributed by atoms with Crippen molar-refractivity contribution < 1.29 is 4.74 Å². The average molecular weight is 270 g/mol. The van der Waals surface area contributed by atoms with E-state index >= 15 is 0 Å². The van der Waals surface area contributed by atoms with Gasteiger partial charge in [0.05, 0.1) is 0 Å². The number of halogens is 1. The van der Waals surface area contributed by atoms with Gasteiger partial charge in [0.25, 0.3) is 0 Å². The molecule has 0 aliphatic rings. The topological polar surface area (TPSA) is 35.2 Å². The zero-order valence-electron chi connectivity index (χ0n) is 8.87. The third kappa shape index (κ3) is 4.06. The lowest BCUT2D eigenvalue weighted by atomic mass is 10.1. The van der Waals surface area contributed by atoms with E-state index in [2.05, 4.69) is 29.4 Å². The van der Waals surface area contributed by atoms with Crippen molar-refractivity contribution in [1.29, 1.82) is 0 Å². The molecule has 1 aromatic rings. The normalized spacial score (nSPS) is 12.2. The Balaban J connectivity index is 2.60. The highest BCUT2D eigenvalue weighted by atomic mass is 79.9. The van der Waals surface area contributed by atoms with Gasteiger partial charge in [-0.25, -0.2) is 0 Å². The van der Waals surface area contributed by atoms with Crippen LogP contribution in [0.3, 0.4) is 0 Å². The van der Waals surface area contributed by atoms with Gasteiger partial charge in [0, 0.05) is 10.5 Å². The van der Waals surface area contributed by atoms with E-state index in [-0.39, 0.29) is 6.04 Å². The second-order valence-electron chi connectivity index (χ2n) is 3.39. The number of ether oxygens (including phenoxy) is 1. The summed E-state index contributed by atoms with van der Waals surface area (Å²) < 4.78 is 6.28. The van der Waals surface area contributed by atoms with E-state index in [1.807, 2.05) is 24.3 Å². The molecule has 3 heteroatoms. The van der Waals surface area contributed by atoms with Gasteiger partial charge in [-0.3, -0.25) is 0 Å². The summed E-state index contributed by atoms with van der Waals surface area (Å²) in [6.45, 7) is 6.26. The van der Waals surface area contributed by atoms with Crippen molar-refractivity contribution in [2.24, 2.45) is 5.73 Å². The van der Waals surface area contributed by atoms with E-state index < -0.39 is 0 Å². The first-order valence-electron chi connectivity index (χ1n) is 4.95. The summed E-state index contributed by atoms with van der Waals surface area (Å²) in [7, 11) is 0. The predicted octanol–water partition coefficient (Wildman–Crippen LogP) is 3.38. The van der Waals surface area contributed by atoms with Crippen molar-refractivity contribution in [1.82, 2.24) is 0 Å². The Morgan fingerprint density at radius 2 is 2.07 bits per heavy atom. The van der Waals surface area contributed by atoms with Crippen molar-refractivity contribution in [2.45, 2.75) is 19.4 Å². The third-order valence-electron chi connectivity index (χ3n) is 2.14. The molecule has 0 amide bonds. The summed E-state index contributed by atoms with van der Waals surface area (Å²) >= 11 is 3.24. The van der Waals surface area contributed by atoms with Gasteiger partial charge in [0.15, 0.2) is 0 Å². The van der Waals surface area contributed by atoms with Crippen LogP contribution in [0.25, 0.3) is 0 Å². The molecule has 1 rings (SSSR count). The lowest BCUT2D eigenvalue weighted by molar-refractivity contribution is 0.361. The van der Waals surface area contributed by atoms with Crippen LogP contribution in [0.1, 0.15) is 24.9 Å². The highest BCUT2D eigenvalue weighted by Crippen LogP contribution is 2.18. The van der Waals surface area contributed by atoms with E-state index in [1.165, 1.54) is 0 Å². The SMILES string of the molecule is C=C(Br)COc1ccc([C@H](N)CC)cc1. The van der Waals surface area contributed by atoms with Crippen LogP contribution in [0.5, 0.6) is 5.75 Å². The fourth-order valence-corrected chi connectivity index (χ4v) is 1.32. The third-order valence-corrected chi connectivity index (χ3v) is 2.37. The molecule has 0 heterocycles. The fraction of sp³-hybridized carbons (Fsp3) is 0.333. The van der Waals surface area contributed by atoms with E-state index in [4.69, 9.17) is 10.5 Å². The zero-order valence-corrected chi connectivity index (χ0v) is 10.5. The Morgan fingerprint density at radius 1 is 1.47 bits per heavy atom. The maximum absolute atomic E-state index is 5.90. The summed E-state index contributed by atoms with van der Waals surface area (Å²) in [6.07, 6.45) is 0.943. The van der Waals surface area contributed by atoms with E-state index in [0.29, 0.717) is 6.61 Å². The first-order valence-corrected chi connectivity index (χ1v) is 5.74. The molecular formula is C12H16BrNO. The fourth-order valence-electron chi connectivity index (χ4n) is 1.21. The highest BCUT2D eigenvalue weighted by molar-refractivity contribution is 9.11. The molecule has 2 nitrogen and oxygen atoms in total. The maximum Gasteiger partial charge on any atom is 0.119 e. The van der Waals surface area contributed by atoms with Crippen LogP contribution >= 0.6 is 15.9 Å². The van der Waals surface area contributed by atoms with Gasteiger partial charge in [-0.1, -0.05) is 41.6 Å². The molecule has 1 aromatic carbocycles. The maximum atomic E-state index is 5.90. The van der Waals surface area contributed by atoms with Crippen molar-refractivity contribution in [3.8, 4) is 5.75 Å². The molecule has 2 N–H and O–H groups in total. The number of hydrogen-bond acceptors (Lipinski definition) is 2. The van der Waals surface area contributed by atoms with Crippen LogP contribution < -0.4 is 10.5 Å². The van der Waals surface area contributed by atoms with Crippen LogP contribution in [0.15, 0.2) is 35.3 Å². The van der Waals surface area contributed by atoms with E-state index in [1.54, 1.807) is 0 Å². The molecule has 0 bridgehead atoms. The van der Waals surface area contributed by atoms with Crippen molar-refractivity contribution in [3.05, 3.63) is 40.9 Å². The van der Waals surface area contributed by atoms with Gasteiger partial charge in [0.1, 0.15) is 12.4 Å². The molecule has 0 fully saturated rings. The summed E-state index contributed by atoms with van der Waals surface area (Å²) in [5.41, 5.74) is 7.05. The van der Waals surface area contributed by atoms with E-state index in [0.717, 1.165) is 22.2 Å². The van der Waals surface area contributed by atoms with Crippen molar-refractivity contribution in [2.75, 3.05) is 6.61 Å². The quantitative estimate of drug-likeness (QED) is 0.890. The summed E-state index contributed by atoms with van der Waals surface area (Å²) in [5, 5.41) is 0. The Labute approximate surface area is 99.3 Å². The second-order valence-corrected chi connectivity index (χ2v) is 4.51. The predicted molar refractivity (Wildman–Crippen MR) is 67.2 cm³/mol. The minimum atomic E-state index is 0.116. The monoisotopic (exact) mass is 269 g/mol. The Bertz CT molecular complexity index is 321. The molecule has 0 unspecified atom stereocenters. The number of hydrogen-bond donors (Lipinski definition) is 1. The summed E-state index contributed by atoms with van der Waals surface area (Å²) in [5.74, 6) is 0.836. The molecule has 15 heavy (non-hydrogen) atoms. The molecule has 0 spiro atoms. The molecule has 0 saturated heterocycles. The second kappa shape index (κ2) is 5.93. The van der Waals surface area contributed by atoms with Crippen LogP contribution in [0.4, 0.5) is 0 Å². The Kier molecular flexibility index (Phi) is 4.85. The summed E-state index contributed by atoms with van der Waals surface area (Å²) in [6, 6.07) is 7.98. The average Bonchev–Trinajstić information content (AvgIpc) is 2.26. The molecule has 0 radical (unpaired) electrons. The van der Waals surface area contributed by atoms with Gasteiger partial charge < -0.3 is 10.5 Å². The number of rotatable bonds is 5. The molecule has 0 aliphatic heterocycles. The number of nitrogens with two attached hydrogens (primary N) is 1. The zero-order chi connectivity index (χ0) is 11.3. The minimum absolute atomic E-state index is 0.116. The van der Waals surface area contributed by atoms with Gasteiger partial charge >= 0.3 is 0 Å². The van der Waals surface area contributed by atoms with Crippen LogP contribution in [0.2, 0.25) is 0 Å². The van der Waals surface area contributed by atoms with Crippen LogP contribution in [-0.2, 0) is 0 Å². The van der Waals surface area contributed by atoms with Gasteiger partial charge in [-0.05, 0) is 24.1 Å². The smallest absolute Gasteiger partial charge is 0.119 e. The summed E-state index contributed by atoms with van der Waals surface area (Å²) in [4.78, 5) is 0. The molecule has 82 valence electrons. The highest BCUT2D eigenvalue weighted by Gasteiger charge is 2.02. The van der Waals surface area contributed by atoms with E-state index in [9.17, 15) is 0 Å². The van der Waals surface area contributed by atoms with Crippen LogP contribution in [-0.4, -0.2) is 6.61 Å². The first kappa shape index (κ1) is 12.3. The van der Waals surface area contributed by atoms with Crippen LogP contribution in [0, 0.1) is 0 Å². The van der Waals surface area contributed by atoms with Crippen molar-refractivity contribution in [3.63, 3.8) is 0 Å².